The van der Waals surface area contributed by atoms with E-state index in [2.05, 4.69) is 15.6 Å². The smallest absolute Gasteiger partial charge is 0.270 e. The molecule has 0 spiro atoms. The van der Waals surface area contributed by atoms with Gasteiger partial charge in [0, 0.05) is 24.5 Å². The third-order valence-corrected chi connectivity index (χ3v) is 4.28. The van der Waals surface area contributed by atoms with Gasteiger partial charge in [-0.05, 0) is 49.6 Å². The number of halogens is 1. The van der Waals surface area contributed by atoms with E-state index in [0.717, 1.165) is 18.4 Å². The van der Waals surface area contributed by atoms with Crippen LogP contribution < -0.4 is 10.6 Å². The first-order chi connectivity index (χ1) is 13.5. The Hall–Kier alpha value is -2.44. The molecule has 7 heteroatoms. The first-order valence-corrected chi connectivity index (χ1v) is 9.82. The second-order valence-corrected chi connectivity index (χ2v) is 6.77. The van der Waals surface area contributed by atoms with Gasteiger partial charge >= 0.3 is 0 Å². The second kappa shape index (κ2) is 10.8. The van der Waals surface area contributed by atoms with Crippen molar-refractivity contribution in [2.24, 2.45) is 0 Å². The summed E-state index contributed by atoms with van der Waals surface area (Å²) in [5.74, 6) is -0.773. The zero-order valence-corrected chi connectivity index (χ0v) is 17.2. The number of pyridine rings is 1. The van der Waals surface area contributed by atoms with Gasteiger partial charge in [0.15, 0.2) is 5.56 Å². The van der Waals surface area contributed by atoms with Crippen LogP contribution in [0, 0.1) is 6.92 Å². The largest absolute Gasteiger partial charge is 0.358 e. The molecule has 0 aliphatic carbocycles. The molecule has 1 unspecified atom stereocenters. The molecule has 2 N–H and O–H groups in total. The molecule has 0 radical (unpaired) electrons. The van der Waals surface area contributed by atoms with Crippen molar-refractivity contribution in [2.45, 2.75) is 39.2 Å². The average Bonchev–Trinajstić information content (AvgIpc) is 2.70. The second-order valence-electron chi connectivity index (χ2n) is 6.37. The fourth-order valence-electron chi connectivity index (χ4n) is 2.51. The lowest BCUT2D eigenvalue weighted by atomic mass is 10.1. The molecule has 1 aromatic heterocycles. The fourth-order valence-corrected chi connectivity index (χ4v) is 2.73. The molecule has 0 saturated carbocycles. The van der Waals surface area contributed by atoms with Crippen molar-refractivity contribution in [3.8, 4) is 0 Å². The predicted octanol–water partition coefficient (Wildman–Crippen LogP) is 4.45. The Kier molecular flexibility index (Phi) is 8.42. The van der Waals surface area contributed by atoms with E-state index in [1.165, 1.54) is 0 Å². The molecule has 28 heavy (non-hydrogen) atoms. The molecule has 6 nitrogen and oxygen atoms in total. The maximum Gasteiger partial charge on any atom is 0.270 e. The van der Waals surface area contributed by atoms with Crippen molar-refractivity contribution in [3.63, 3.8) is 0 Å². The Morgan fingerprint density at radius 2 is 1.93 bits per heavy atom. The van der Waals surface area contributed by atoms with Gasteiger partial charge in [-0.15, -0.1) is 0 Å². The van der Waals surface area contributed by atoms with Crippen LogP contribution in [-0.4, -0.2) is 29.9 Å². The van der Waals surface area contributed by atoms with Crippen LogP contribution in [0.15, 0.2) is 36.4 Å². The van der Waals surface area contributed by atoms with Gasteiger partial charge in [-0.2, -0.15) is 0 Å². The Morgan fingerprint density at radius 3 is 2.64 bits per heavy atom. The number of carbonyl (C=O) groups excluding carboxylic acids is 2. The number of ether oxygens (including phenoxy) is 1. The molecule has 0 aliphatic rings. The topological polar surface area (TPSA) is 80.3 Å². The molecule has 1 aromatic carbocycles. The lowest BCUT2D eigenvalue weighted by Crippen LogP contribution is -2.28. The molecule has 0 aliphatic heterocycles. The summed E-state index contributed by atoms with van der Waals surface area (Å²) in [5, 5.41) is 5.57. The zero-order valence-electron chi connectivity index (χ0n) is 16.4. The van der Waals surface area contributed by atoms with E-state index in [1.807, 2.05) is 19.9 Å². The summed E-state index contributed by atoms with van der Waals surface area (Å²) in [6, 6.07) is 10.4. The van der Waals surface area contributed by atoms with Gasteiger partial charge in [0.1, 0.15) is 5.69 Å². The molecule has 0 fully saturated rings. The van der Waals surface area contributed by atoms with Gasteiger partial charge in [0.25, 0.3) is 11.8 Å². The van der Waals surface area contributed by atoms with Gasteiger partial charge in [-0.3, -0.25) is 9.59 Å². The molecule has 1 heterocycles. The van der Waals surface area contributed by atoms with Crippen LogP contribution in [0.1, 0.15) is 64.4 Å². The summed E-state index contributed by atoms with van der Waals surface area (Å²) in [4.78, 5) is 29.4. The number of nitrogens with one attached hydrogen (secondary N) is 2. The van der Waals surface area contributed by atoms with Crippen LogP contribution in [0.4, 0.5) is 5.69 Å². The van der Waals surface area contributed by atoms with Gasteiger partial charge in [-0.1, -0.05) is 37.6 Å². The molecule has 150 valence electrons. The van der Waals surface area contributed by atoms with Crippen molar-refractivity contribution >= 4 is 29.1 Å². The molecule has 2 aromatic rings. The quantitative estimate of drug-likeness (QED) is 0.606. The first-order valence-electron chi connectivity index (χ1n) is 9.39. The van der Waals surface area contributed by atoms with Crippen molar-refractivity contribution in [2.75, 3.05) is 18.5 Å². The van der Waals surface area contributed by atoms with Crippen LogP contribution in [-0.2, 0) is 4.74 Å². The van der Waals surface area contributed by atoms with Crippen LogP contribution in [0.2, 0.25) is 0 Å². The summed E-state index contributed by atoms with van der Waals surface area (Å²) in [5.41, 5.74) is 1.72. The number of rotatable bonds is 9. The number of hydrogen-bond acceptors (Lipinski definition) is 4. The maximum atomic E-state index is 12.8. The third-order valence-electron chi connectivity index (χ3n) is 3.90. The van der Waals surface area contributed by atoms with E-state index in [1.54, 1.807) is 37.3 Å². The number of nitrogens with zero attached hydrogens (tertiary/aromatic N) is 1. The zero-order chi connectivity index (χ0) is 20.5. The van der Waals surface area contributed by atoms with Crippen molar-refractivity contribution < 1.29 is 14.3 Å². The standard InChI is InChI=1S/C21H26ClN3O3/c1-4-11-23-21(27)18-17(10-9-14(3)24-18)20(26)25-16-8-6-7-15(13-16)19(22)28-12-5-2/h6-10,13,19H,4-5,11-12H2,1-3H3,(H,23,27)(H,25,26). The molecular formula is C21H26ClN3O3. The van der Waals surface area contributed by atoms with Gasteiger partial charge in [-0.25, -0.2) is 4.98 Å². The summed E-state index contributed by atoms with van der Waals surface area (Å²) in [7, 11) is 0. The van der Waals surface area contributed by atoms with E-state index >= 15 is 0 Å². The minimum atomic E-state index is -0.590. The molecular weight excluding hydrogens is 378 g/mol. The van der Waals surface area contributed by atoms with Gasteiger partial charge in [0.2, 0.25) is 0 Å². The number of benzene rings is 1. The first kappa shape index (κ1) is 21.9. The van der Waals surface area contributed by atoms with Crippen molar-refractivity contribution in [3.05, 3.63) is 58.9 Å². The molecule has 0 saturated heterocycles. The normalized spacial score (nSPS) is 11.7. The maximum absolute atomic E-state index is 12.8. The summed E-state index contributed by atoms with van der Waals surface area (Å²) >= 11 is 6.25. The van der Waals surface area contributed by atoms with E-state index < -0.39 is 11.5 Å². The van der Waals surface area contributed by atoms with Crippen molar-refractivity contribution in [1.82, 2.24) is 10.3 Å². The minimum Gasteiger partial charge on any atom is -0.358 e. The number of aromatic nitrogens is 1. The van der Waals surface area contributed by atoms with E-state index in [9.17, 15) is 9.59 Å². The van der Waals surface area contributed by atoms with Crippen molar-refractivity contribution in [1.29, 1.82) is 0 Å². The Labute approximate surface area is 170 Å². The Bertz CT molecular complexity index is 826. The monoisotopic (exact) mass is 403 g/mol. The highest BCUT2D eigenvalue weighted by Gasteiger charge is 2.19. The highest BCUT2D eigenvalue weighted by molar-refractivity contribution is 6.20. The molecule has 0 bridgehead atoms. The molecule has 2 amide bonds. The van der Waals surface area contributed by atoms with Crippen LogP contribution in [0.25, 0.3) is 0 Å². The number of carbonyl (C=O) groups is 2. The third kappa shape index (κ3) is 6.04. The highest BCUT2D eigenvalue weighted by atomic mass is 35.5. The number of amides is 2. The average molecular weight is 404 g/mol. The van der Waals surface area contributed by atoms with Crippen LogP contribution >= 0.6 is 11.6 Å². The number of aryl methyl sites for hydroxylation is 1. The summed E-state index contributed by atoms with van der Waals surface area (Å²) in [6.45, 7) is 6.81. The Morgan fingerprint density at radius 1 is 1.14 bits per heavy atom. The van der Waals surface area contributed by atoms with Gasteiger partial charge in [0.05, 0.1) is 5.56 Å². The SMILES string of the molecule is CCCNC(=O)c1nc(C)ccc1C(=O)Nc1cccc(C(Cl)OCCC)c1. The van der Waals surface area contributed by atoms with Gasteiger partial charge < -0.3 is 15.4 Å². The van der Waals surface area contributed by atoms with E-state index in [-0.39, 0.29) is 17.2 Å². The van der Waals surface area contributed by atoms with E-state index in [4.69, 9.17) is 16.3 Å². The number of alkyl halides is 1. The Balaban J connectivity index is 2.20. The summed E-state index contributed by atoms with van der Waals surface area (Å²) in [6.07, 6.45) is 1.66. The lowest BCUT2D eigenvalue weighted by molar-refractivity contribution is 0.0935. The number of hydrogen-bond donors (Lipinski definition) is 2. The minimum absolute atomic E-state index is 0.114. The molecule has 2 rings (SSSR count). The highest BCUT2D eigenvalue weighted by Crippen LogP contribution is 2.25. The molecule has 1 atom stereocenters. The van der Waals surface area contributed by atoms with Crippen LogP contribution in [0.5, 0.6) is 0 Å². The lowest BCUT2D eigenvalue weighted by Gasteiger charge is -2.13. The summed E-state index contributed by atoms with van der Waals surface area (Å²) < 4.78 is 5.51. The fraction of sp³-hybridized carbons (Fsp3) is 0.381. The van der Waals surface area contributed by atoms with Crippen LogP contribution in [0.3, 0.4) is 0 Å². The predicted molar refractivity (Wildman–Crippen MR) is 111 cm³/mol. The van der Waals surface area contributed by atoms with E-state index in [0.29, 0.717) is 24.5 Å². The number of anilines is 1.